The van der Waals surface area contributed by atoms with E-state index in [2.05, 4.69) is 5.32 Å². The molecule has 0 fully saturated rings. The number of rotatable bonds is 2. The molecule has 0 spiro atoms. The number of aliphatic hydroxyl groups is 1. The molecule has 0 saturated heterocycles. The van der Waals surface area contributed by atoms with Gasteiger partial charge in [0.15, 0.2) is 6.61 Å². The van der Waals surface area contributed by atoms with Gasteiger partial charge in [0.05, 0.1) is 15.7 Å². The highest BCUT2D eigenvalue weighted by Crippen LogP contribution is 2.34. The number of nitrogens with one attached hydrogen (secondary N) is 1. The number of hydrogen-bond acceptors (Lipinski definition) is 3. The first-order valence-corrected chi connectivity index (χ1v) is 7.00. The molecule has 108 valence electrons. The molecule has 0 bridgehead atoms. The first-order valence-electron chi connectivity index (χ1n) is 6.24. The van der Waals surface area contributed by atoms with Crippen molar-refractivity contribution in [3.63, 3.8) is 0 Å². The summed E-state index contributed by atoms with van der Waals surface area (Å²) >= 11 is 11.8. The van der Waals surface area contributed by atoms with E-state index in [1.54, 1.807) is 36.4 Å². The molecular weight excluding hydrogens is 313 g/mol. The third kappa shape index (κ3) is 2.83. The first-order chi connectivity index (χ1) is 10.0. The van der Waals surface area contributed by atoms with Gasteiger partial charge in [0.2, 0.25) is 0 Å². The summed E-state index contributed by atoms with van der Waals surface area (Å²) in [6, 6.07) is 10.1. The normalized spacial score (nSPS) is 14.9. The SMILES string of the molecule is O=C1COc2ccc(C(O)c3ccc(Cl)c(Cl)c3)cc2N1. The first kappa shape index (κ1) is 14.2. The van der Waals surface area contributed by atoms with E-state index in [1.807, 2.05) is 0 Å². The molecule has 1 aliphatic rings. The fourth-order valence-electron chi connectivity index (χ4n) is 2.15. The molecule has 0 aromatic heterocycles. The van der Waals surface area contributed by atoms with Gasteiger partial charge in [-0.3, -0.25) is 4.79 Å². The molecule has 0 saturated carbocycles. The van der Waals surface area contributed by atoms with Crippen LogP contribution in [-0.2, 0) is 4.79 Å². The van der Waals surface area contributed by atoms with Crippen LogP contribution in [0.2, 0.25) is 10.0 Å². The maximum Gasteiger partial charge on any atom is 0.262 e. The number of ether oxygens (including phenoxy) is 1. The van der Waals surface area contributed by atoms with Gasteiger partial charge in [-0.15, -0.1) is 0 Å². The number of fused-ring (bicyclic) bond motifs is 1. The molecule has 1 unspecified atom stereocenters. The van der Waals surface area contributed by atoms with Gasteiger partial charge in [0.1, 0.15) is 11.9 Å². The quantitative estimate of drug-likeness (QED) is 0.890. The molecule has 1 amide bonds. The van der Waals surface area contributed by atoms with Crippen LogP contribution in [0.5, 0.6) is 5.75 Å². The van der Waals surface area contributed by atoms with Crippen molar-refractivity contribution in [2.24, 2.45) is 0 Å². The van der Waals surface area contributed by atoms with Gasteiger partial charge in [-0.25, -0.2) is 0 Å². The summed E-state index contributed by atoms with van der Waals surface area (Å²) in [5.74, 6) is 0.364. The highest BCUT2D eigenvalue weighted by Gasteiger charge is 2.19. The second kappa shape index (κ2) is 5.56. The smallest absolute Gasteiger partial charge is 0.262 e. The maximum atomic E-state index is 11.3. The highest BCUT2D eigenvalue weighted by molar-refractivity contribution is 6.42. The van der Waals surface area contributed by atoms with E-state index in [0.717, 1.165) is 0 Å². The van der Waals surface area contributed by atoms with E-state index in [4.69, 9.17) is 27.9 Å². The number of hydrogen-bond donors (Lipinski definition) is 2. The number of benzene rings is 2. The highest BCUT2D eigenvalue weighted by atomic mass is 35.5. The second-order valence-electron chi connectivity index (χ2n) is 4.67. The van der Waals surface area contributed by atoms with E-state index in [1.165, 1.54) is 0 Å². The number of aliphatic hydroxyl groups excluding tert-OH is 1. The molecule has 2 aromatic carbocycles. The molecule has 1 heterocycles. The summed E-state index contributed by atoms with van der Waals surface area (Å²) < 4.78 is 5.28. The number of amides is 1. The second-order valence-corrected chi connectivity index (χ2v) is 5.48. The van der Waals surface area contributed by atoms with Crippen LogP contribution in [0.4, 0.5) is 5.69 Å². The zero-order chi connectivity index (χ0) is 15.0. The average Bonchev–Trinajstić information content (AvgIpc) is 2.48. The van der Waals surface area contributed by atoms with E-state index in [0.29, 0.717) is 32.6 Å². The van der Waals surface area contributed by atoms with Crippen LogP contribution in [0.3, 0.4) is 0 Å². The molecule has 3 rings (SSSR count). The van der Waals surface area contributed by atoms with Gasteiger partial charge >= 0.3 is 0 Å². The summed E-state index contributed by atoms with van der Waals surface area (Å²) in [5, 5.41) is 13.9. The lowest BCUT2D eigenvalue weighted by molar-refractivity contribution is -0.118. The molecular formula is C15H11Cl2NO3. The predicted octanol–water partition coefficient (Wildman–Crippen LogP) is 3.41. The Bertz CT molecular complexity index is 718. The molecule has 2 N–H and O–H groups in total. The van der Waals surface area contributed by atoms with Crippen LogP contribution in [0.15, 0.2) is 36.4 Å². The molecule has 1 atom stereocenters. The molecule has 4 nitrogen and oxygen atoms in total. The van der Waals surface area contributed by atoms with Gasteiger partial charge in [-0.2, -0.15) is 0 Å². The molecule has 21 heavy (non-hydrogen) atoms. The monoisotopic (exact) mass is 323 g/mol. The summed E-state index contributed by atoms with van der Waals surface area (Å²) in [5.41, 5.74) is 1.79. The standard InChI is InChI=1S/C15H11Cl2NO3/c16-10-3-1-8(5-11(10)17)15(20)9-2-4-13-12(6-9)18-14(19)7-21-13/h1-6,15,20H,7H2,(H,18,19). The molecule has 1 aliphatic heterocycles. The van der Waals surface area contributed by atoms with E-state index in [9.17, 15) is 9.90 Å². The summed E-state index contributed by atoms with van der Waals surface area (Å²) in [6.45, 7) is 0.00168. The third-order valence-corrected chi connectivity index (χ3v) is 3.95. The number of halogens is 2. The van der Waals surface area contributed by atoms with Crippen molar-refractivity contribution in [1.29, 1.82) is 0 Å². The van der Waals surface area contributed by atoms with Crippen LogP contribution >= 0.6 is 23.2 Å². The van der Waals surface area contributed by atoms with Gasteiger partial charge < -0.3 is 15.2 Å². The van der Waals surface area contributed by atoms with Crippen LogP contribution in [0.1, 0.15) is 17.2 Å². The van der Waals surface area contributed by atoms with Gasteiger partial charge in [0, 0.05) is 0 Å². The fraction of sp³-hybridized carbons (Fsp3) is 0.133. The third-order valence-electron chi connectivity index (χ3n) is 3.21. The minimum Gasteiger partial charge on any atom is -0.482 e. The maximum absolute atomic E-state index is 11.3. The predicted molar refractivity (Wildman–Crippen MR) is 81.1 cm³/mol. The Kier molecular flexibility index (Phi) is 3.76. The van der Waals surface area contributed by atoms with Crippen molar-refractivity contribution in [3.8, 4) is 5.75 Å². The lowest BCUT2D eigenvalue weighted by atomic mass is 10.0. The number of carbonyl (C=O) groups excluding carboxylic acids is 1. The van der Waals surface area contributed by atoms with E-state index >= 15 is 0 Å². The minimum absolute atomic E-state index is 0.00168. The van der Waals surface area contributed by atoms with Crippen molar-refractivity contribution < 1.29 is 14.6 Å². The number of carbonyl (C=O) groups is 1. The van der Waals surface area contributed by atoms with E-state index < -0.39 is 6.10 Å². The van der Waals surface area contributed by atoms with Gasteiger partial charge in [-0.1, -0.05) is 35.3 Å². The Balaban J connectivity index is 1.94. The zero-order valence-electron chi connectivity index (χ0n) is 10.8. The Morgan fingerprint density at radius 2 is 1.81 bits per heavy atom. The summed E-state index contributed by atoms with van der Waals surface area (Å²) in [6.07, 6.45) is -0.871. The van der Waals surface area contributed by atoms with Gasteiger partial charge in [-0.05, 0) is 35.4 Å². The Hall–Kier alpha value is -1.75. The number of anilines is 1. The Morgan fingerprint density at radius 3 is 2.57 bits per heavy atom. The van der Waals surface area contributed by atoms with Gasteiger partial charge in [0.25, 0.3) is 5.91 Å². The fourth-order valence-corrected chi connectivity index (χ4v) is 2.45. The van der Waals surface area contributed by atoms with Crippen molar-refractivity contribution in [1.82, 2.24) is 0 Å². The molecule has 0 radical (unpaired) electrons. The van der Waals surface area contributed by atoms with Crippen molar-refractivity contribution in [3.05, 3.63) is 57.6 Å². The van der Waals surface area contributed by atoms with Crippen LogP contribution in [0.25, 0.3) is 0 Å². The largest absolute Gasteiger partial charge is 0.482 e. The van der Waals surface area contributed by atoms with Crippen molar-refractivity contribution in [2.75, 3.05) is 11.9 Å². The zero-order valence-corrected chi connectivity index (χ0v) is 12.3. The Morgan fingerprint density at radius 1 is 1.10 bits per heavy atom. The molecule has 6 heteroatoms. The van der Waals surface area contributed by atoms with Crippen LogP contribution in [-0.4, -0.2) is 17.6 Å². The lowest BCUT2D eigenvalue weighted by Crippen LogP contribution is -2.25. The molecule has 2 aromatic rings. The summed E-state index contributed by atoms with van der Waals surface area (Å²) in [7, 11) is 0. The Labute approximate surface area is 131 Å². The average molecular weight is 324 g/mol. The van der Waals surface area contributed by atoms with Crippen molar-refractivity contribution >= 4 is 34.8 Å². The topological polar surface area (TPSA) is 58.6 Å². The minimum atomic E-state index is -0.871. The molecule has 0 aliphatic carbocycles. The lowest BCUT2D eigenvalue weighted by Gasteiger charge is -2.20. The summed E-state index contributed by atoms with van der Waals surface area (Å²) in [4.78, 5) is 11.3. The van der Waals surface area contributed by atoms with Crippen molar-refractivity contribution in [2.45, 2.75) is 6.10 Å². The van der Waals surface area contributed by atoms with Crippen LogP contribution in [0, 0.1) is 0 Å². The van der Waals surface area contributed by atoms with E-state index in [-0.39, 0.29) is 12.5 Å². The van der Waals surface area contributed by atoms with Crippen LogP contribution < -0.4 is 10.1 Å².